The second-order valence-electron chi connectivity index (χ2n) is 4.49. The second-order valence-corrected chi connectivity index (χ2v) is 4.90. The zero-order valence-electron chi connectivity index (χ0n) is 12.0. The van der Waals surface area contributed by atoms with Crippen molar-refractivity contribution in [2.75, 3.05) is 14.2 Å². The highest BCUT2D eigenvalue weighted by Gasteiger charge is 2.14. The number of ether oxygens (including phenoxy) is 2. The molecule has 0 spiro atoms. The topological polar surface area (TPSA) is 57.4 Å². The van der Waals surface area contributed by atoms with Gasteiger partial charge in [0.15, 0.2) is 0 Å². The van der Waals surface area contributed by atoms with Crippen LogP contribution >= 0.6 is 11.6 Å². The van der Waals surface area contributed by atoms with Crippen molar-refractivity contribution in [2.24, 2.45) is 0 Å². The standard InChI is InChI=1S/C16H13ClN2O3/c1-20-11-7-10(8-12(9-11)21-2)15-18-19-16(22-15)13-5-3-4-6-14(13)17/h3-9H,1-2H3. The molecule has 0 saturated heterocycles. The van der Waals surface area contributed by atoms with Gasteiger partial charge in [-0.1, -0.05) is 23.7 Å². The van der Waals surface area contributed by atoms with E-state index in [0.29, 0.717) is 39.4 Å². The molecule has 22 heavy (non-hydrogen) atoms. The average Bonchev–Trinajstić information content (AvgIpc) is 3.04. The number of hydrogen-bond donors (Lipinski definition) is 0. The summed E-state index contributed by atoms with van der Waals surface area (Å²) in [7, 11) is 3.17. The summed E-state index contributed by atoms with van der Waals surface area (Å²) < 4.78 is 16.2. The van der Waals surface area contributed by atoms with E-state index in [9.17, 15) is 0 Å². The lowest BCUT2D eigenvalue weighted by Crippen LogP contribution is -1.88. The summed E-state index contributed by atoms with van der Waals surface area (Å²) in [5.41, 5.74) is 1.40. The van der Waals surface area contributed by atoms with Crippen LogP contribution in [0.5, 0.6) is 11.5 Å². The summed E-state index contributed by atoms with van der Waals surface area (Å²) in [6.45, 7) is 0. The zero-order valence-corrected chi connectivity index (χ0v) is 12.8. The van der Waals surface area contributed by atoms with E-state index in [1.165, 1.54) is 0 Å². The number of nitrogens with zero attached hydrogens (tertiary/aromatic N) is 2. The summed E-state index contributed by atoms with van der Waals surface area (Å²) in [5.74, 6) is 2.02. The molecular weight excluding hydrogens is 304 g/mol. The maximum absolute atomic E-state index is 6.14. The molecule has 0 aliphatic rings. The van der Waals surface area contributed by atoms with Crippen LogP contribution in [0.3, 0.4) is 0 Å². The van der Waals surface area contributed by atoms with Gasteiger partial charge < -0.3 is 13.9 Å². The van der Waals surface area contributed by atoms with E-state index in [4.69, 9.17) is 25.5 Å². The molecule has 0 bridgehead atoms. The third-order valence-electron chi connectivity index (χ3n) is 3.13. The molecule has 0 fully saturated rings. The van der Waals surface area contributed by atoms with Gasteiger partial charge in [0.2, 0.25) is 11.8 Å². The monoisotopic (exact) mass is 316 g/mol. The van der Waals surface area contributed by atoms with Crippen molar-refractivity contribution >= 4 is 11.6 Å². The van der Waals surface area contributed by atoms with Crippen LogP contribution in [-0.2, 0) is 0 Å². The van der Waals surface area contributed by atoms with Crippen LogP contribution in [0, 0.1) is 0 Å². The summed E-state index contributed by atoms with van der Waals surface area (Å²) in [6, 6.07) is 12.7. The molecule has 6 heteroatoms. The molecule has 3 rings (SSSR count). The molecule has 112 valence electrons. The molecule has 0 aliphatic heterocycles. The fraction of sp³-hybridized carbons (Fsp3) is 0.125. The minimum absolute atomic E-state index is 0.363. The Hall–Kier alpha value is -2.53. The Bertz CT molecular complexity index is 779. The van der Waals surface area contributed by atoms with Crippen molar-refractivity contribution in [1.82, 2.24) is 10.2 Å². The third kappa shape index (κ3) is 2.76. The number of methoxy groups -OCH3 is 2. The first-order chi connectivity index (χ1) is 10.7. The van der Waals surface area contributed by atoms with Crippen LogP contribution in [0.4, 0.5) is 0 Å². The lowest BCUT2D eigenvalue weighted by atomic mass is 10.2. The van der Waals surface area contributed by atoms with Crippen molar-refractivity contribution in [1.29, 1.82) is 0 Å². The molecule has 0 radical (unpaired) electrons. The van der Waals surface area contributed by atoms with Crippen molar-refractivity contribution < 1.29 is 13.9 Å². The van der Waals surface area contributed by atoms with Crippen molar-refractivity contribution in [3.63, 3.8) is 0 Å². The van der Waals surface area contributed by atoms with Gasteiger partial charge in [-0.3, -0.25) is 0 Å². The summed E-state index contributed by atoms with van der Waals surface area (Å²) in [6.07, 6.45) is 0. The SMILES string of the molecule is COc1cc(OC)cc(-c2nnc(-c3ccccc3Cl)o2)c1. The van der Waals surface area contributed by atoms with Crippen LogP contribution in [0.25, 0.3) is 22.9 Å². The normalized spacial score (nSPS) is 10.5. The molecule has 0 atom stereocenters. The largest absolute Gasteiger partial charge is 0.497 e. The fourth-order valence-electron chi connectivity index (χ4n) is 2.01. The van der Waals surface area contributed by atoms with Gasteiger partial charge in [-0.25, -0.2) is 0 Å². The van der Waals surface area contributed by atoms with Crippen molar-refractivity contribution in [2.45, 2.75) is 0 Å². The Morgan fingerprint density at radius 2 is 1.55 bits per heavy atom. The minimum Gasteiger partial charge on any atom is -0.497 e. The van der Waals surface area contributed by atoms with Crippen LogP contribution in [-0.4, -0.2) is 24.4 Å². The molecule has 0 aliphatic carbocycles. The molecule has 0 amide bonds. The third-order valence-corrected chi connectivity index (χ3v) is 3.46. The van der Waals surface area contributed by atoms with E-state index in [1.807, 2.05) is 18.2 Å². The predicted molar refractivity (Wildman–Crippen MR) is 83.3 cm³/mol. The summed E-state index contributed by atoms with van der Waals surface area (Å²) >= 11 is 6.14. The Balaban J connectivity index is 2.02. The highest BCUT2D eigenvalue weighted by Crippen LogP contribution is 2.32. The van der Waals surface area contributed by atoms with E-state index < -0.39 is 0 Å². The first-order valence-electron chi connectivity index (χ1n) is 6.53. The van der Waals surface area contributed by atoms with E-state index in [2.05, 4.69) is 10.2 Å². The molecule has 5 nitrogen and oxygen atoms in total. The van der Waals surface area contributed by atoms with Crippen molar-refractivity contribution in [3.8, 4) is 34.4 Å². The molecule has 1 aromatic heterocycles. The van der Waals surface area contributed by atoms with Gasteiger partial charge in [-0.05, 0) is 24.3 Å². The van der Waals surface area contributed by atoms with Crippen LogP contribution in [0.15, 0.2) is 46.9 Å². The smallest absolute Gasteiger partial charge is 0.249 e. The maximum atomic E-state index is 6.14. The van der Waals surface area contributed by atoms with Crippen LogP contribution in [0.1, 0.15) is 0 Å². The average molecular weight is 317 g/mol. The number of rotatable bonds is 4. The van der Waals surface area contributed by atoms with Crippen molar-refractivity contribution in [3.05, 3.63) is 47.5 Å². The van der Waals surface area contributed by atoms with Gasteiger partial charge in [0.05, 0.1) is 24.8 Å². The van der Waals surface area contributed by atoms with Gasteiger partial charge in [0, 0.05) is 11.6 Å². The van der Waals surface area contributed by atoms with E-state index >= 15 is 0 Å². The van der Waals surface area contributed by atoms with E-state index in [1.54, 1.807) is 38.5 Å². The van der Waals surface area contributed by atoms with Gasteiger partial charge in [-0.2, -0.15) is 0 Å². The quantitative estimate of drug-likeness (QED) is 0.726. The van der Waals surface area contributed by atoms with Gasteiger partial charge in [0.1, 0.15) is 11.5 Å². The highest BCUT2D eigenvalue weighted by molar-refractivity contribution is 6.33. The molecule has 0 saturated carbocycles. The van der Waals surface area contributed by atoms with Gasteiger partial charge in [-0.15, -0.1) is 10.2 Å². The minimum atomic E-state index is 0.363. The zero-order chi connectivity index (χ0) is 15.5. The van der Waals surface area contributed by atoms with Crippen LogP contribution in [0.2, 0.25) is 5.02 Å². The maximum Gasteiger partial charge on any atom is 0.249 e. The van der Waals surface area contributed by atoms with E-state index in [0.717, 1.165) is 0 Å². The van der Waals surface area contributed by atoms with Crippen LogP contribution < -0.4 is 9.47 Å². The molecule has 0 N–H and O–H groups in total. The van der Waals surface area contributed by atoms with Gasteiger partial charge in [0.25, 0.3) is 0 Å². The number of aromatic nitrogens is 2. The van der Waals surface area contributed by atoms with Gasteiger partial charge >= 0.3 is 0 Å². The van der Waals surface area contributed by atoms with E-state index in [-0.39, 0.29) is 0 Å². The number of benzene rings is 2. The Morgan fingerprint density at radius 3 is 2.18 bits per heavy atom. The Labute approximate surface area is 132 Å². The highest BCUT2D eigenvalue weighted by atomic mass is 35.5. The first kappa shape index (κ1) is 14.4. The number of halogens is 1. The lowest BCUT2D eigenvalue weighted by Gasteiger charge is -2.05. The Morgan fingerprint density at radius 1 is 0.909 bits per heavy atom. The lowest BCUT2D eigenvalue weighted by molar-refractivity contribution is 0.394. The first-order valence-corrected chi connectivity index (χ1v) is 6.91. The molecule has 0 unspecified atom stereocenters. The predicted octanol–water partition coefficient (Wildman–Crippen LogP) is 4.07. The molecule has 3 aromatic rings. The fourth-order valence-corrected chi connectivity index (χ4v) is 2.23. The molecule has 2 aromatic carbocycles. The molecular formula is C16H13ClN2O3. The summed E-state index contributed by atoms with van der Waals surface area (Å²) in [4.78, 5) is 0. The summed E-state index contributed by atoms with van der Waals surface area (Å²) in [5, 5.41) is 8.68. The number of hydrogen-bond acceptors (Lipinski definition) is 5. The Kier molecular flexibility index (Phi) is 3.98. The molecule has 1 heterocycles. The second kappa shape index (κ2) is 6.07.